The Morgan fingerprint density at radius 1 is 1.08 bits per heavy atom. The molecule has 0 radical (unpaired) electrons. The number of carbonyl (C=O) groups excluding carboxylic acids is 1. The van der Waals surface area contributed by atoms with Crippen LogP contribution >= 0.6 is 11.6 Å². The molecule has 0 saturated carbocycles. The van der Waals surface area contributed by atoms with Crippen molar-refractivity contribution in [2.24, 2.45) is 10.4 Å². The first-order valence-corrected chi connectivity index (χ1v) is 8.15. The van der Waals surface area contributed by atoms with Crippen LogP contribution in [0.15, 0.2) is 53.5 Å². The third kappa shape index (κ3) is 5.37. The van der Waals surface area contributed by atoms with Crippen LogP contribution in [0.1, 0.15) is 26.3 Å². The molecule has 2 aromatic carbocycles. The Morgan fingerprint density at radius 2 is 1.68 bits per heavy atom. The van der Waals surface area contributed by atoms with E-state index in [-0.39, 0.29) is 11.6 Å². The summed E-state index contributed by atoms with van der Waals surface area (Å²) >= 11 is 5.89. The second-order valence-corrected chi connectivity index (χ2v) is 6.92. The highest BCUT2D eigenvalue weighted by molar-refractivity contribution is 6.41. The van der Waals surface area contributed by atoms with Crippen LogP contribution in [-0.2, 0) is 4.79 Å². The average Bonchev–Trinajstić information content (AvgIpc) is 2.59. The number of halogens is 1. The lowest BCUT2D eigenvalue weighted by Gasteiger charge is -2.19. The first kappa shape index (κ1) is 18.6. The molecular weight excluding hydrogens is 334 g/mol. The summed E-state index contributed by atoms with van der Waals surface area (Å²) in [6.07, 6.45) is 5.35. The standard InChI is InChI=1S/C20H20ClN3O/c1-5-14-6-10-17(11-7-14)23-24-19(18(25)20(2,3)4)22-16-12-8-15(21)9-13-16/h1,6-13,23H,2-4H3,(H,22,24). The zero-order chi connectivity index (χ0) is 18.4. The zero-order valence-corrected chi connectivity index (χ0v) is 15.2. The number of terminal acetylenes is 1. The van der Waals surface area contributed by atoms with Gasteiger partial charge in [-0.3, -0.25) is 15.6 Å². The maximum Gasteiger partial charge on any atom is 0.204 e. The third-order valence-electron chi connectivity index (χ3n) is 3.34. The summed E-state index contributed by atoms with van der Waals surface area (Å²) < 4.78 is 0. The van der Waals surface area contributed by atoms with Gasteiger partial charge in [-0.1, -0.05) is 38.3 Å². The first-order valence-electron chi connectivity index (χ1n) is 7.77. The highest BCUT2D eigenvalue weighted by Gasteiger charge is 2.26. The highest BCUT2D eigenvalue weighted by atomic mass is 35.5. The average molecular weight is 354 g/mol. The minimum Gasteiger partial charge on any atom is -0.300 e. The van der Waals surface area contributed by atoms with Gasteiger partial charge in [-0.15, -0.1) is 6.42 Å². The van der Waals surface area contributed by atoms with Crippen molar-refractivity contribution in [2.45, 2.75) is 20.8 Å². The maximum atomic E-state index is 12.7. The van der Waals surface area contributed by atoms with E-state index in [0.29, 0.717) is 10.7 Å². The Morgan fingerprint density at radius 3 is 2.20 bits per heavy atom. The topological polar surface area (TPSA) is 53.5 Å². The van der Waals surface area contributed by atoms with Crippen molar-refractivity contribution in [3.8, 4) is 12.3 Å². The van der Waals surface area contributed by atoms with Crippen molar-refractivity contribution >= 4 is 34.6 Å². The van der Waals surface area contributed by atoms with Gasteiger partial charge in [-0.25, -0.2) is 4.99 Å². The summed E-state index contributed by atoms with van der Waals surface area (Å²) in [6, 6.07) is 14.2. The number of rotatable bonds is 4. The maximum absolute atomic E-state index is 12.7. The van der Waals surface area contributed by atoms with Gasteiger partial charge in [-0.2, -0.15) is 0 Å². The summed E-state index contributed by atoms with van der Waals surface area (Å²) in [5.41, 5.74) is 7.50. The number of nitrogens with zero attached hydrogens (tertiary/aromatic N) is 1. The largest absolute Gasteiger partial charge is 0.300 e. The summed E-state index contributed by atoms with van der Waals surface area (Å²) in [5, 5.41) is 0.613. The van der Waals surface area contributed by atoms with E-state index in [4.69, 9.17) is 18.0 Å². The lowest BCUT2D eigenvalue weighted by Crippen LogP contribution is -2.41. The van der Waals surface area contributed by atoms with Crippen LogP contribution in [0.5, 0.6) is 0 Å². The molecule has 0 aromatic heterocycles. The molecule has 0 atom stereocenters. The normalized spacial score (nSPS) is 11.6. The molecule has 25 heavy (non-hydrogen) atoms. The van der Waals surface area contributed by atoms with Gasteiger partial charge in [0.1, 0.15) is 0 Å². The van der Waals surface area contributed by atoms with E-state index in [9.17, 15) is 4.79 Å². The van der Waals surface area contributed by atoms with E-state index < -0.39 is 5.41 Å². The van der Waals surface area contributed by atoms with E-state index in [1.54, 1.807) is 24.3 Å². The molecule has 2 rings (SSSR count). The molecule has 0 unspecified atom stereocenters. The molecule has 5 heteroatoms. The van der Waals surface area contributed by atoms with E-state index in [1.165, 1.54) is 0 Å². The third-order valence-corrected chi connectivity index (χ3v) is 3.59. The lowest BCUT2D eigenvalue weighted by molar-refractivity contribution is -0.119. The molecule has 0 heterocycles. The van der Waals surface area contributed by atoms with Gasteiger partial charge in [0.15, 0.2) is 5.84 Å². The number of hydrogen-bond donors (Lipinski definition) is 2. The van der Waals surface area contributed by atoms with Gasteiger partial charge >= 0.3 is 0 Å². The molecule has 0 aliphatic heterocycles. The van der Waals surface area contributed by atoms with Crippen molar-refractivity contribution < 1.29 is 4.79 Å². The van der Waals surface area contributed by atoms with Crippen LogP contribution in [0.2, 0.25) is 5.02 Å². The first-order chi connectivity index (χ1) is 11.8. The minimum absolute atomic E-state index is 0.116. The minimum atomic E-state index is -0.576. The van der Waals surface area contributed by atoms with Crippen LogP contribution in [0, 0.1) is 17.8 Å². The Balaban J connectivity index is 2.23. The predicted octanol–water partition coefficient (Wildman–Crippen LogP) is 4.58. The number of Topliss-reactive ketones (excluding diaryl/α,β-unsaturated/α-hetero) is 1. The Labute approximate surface area is 153 Å². The Bertz CT molecular complexity index is 810. The van der Waals surface area contributed by atoms with Gasteiger partial charge in [0.05, 0.1) is 11.4 Å². The Kier molecular flexibility index (Phi) is 5.84. The molecule has 0 amide bonds. The summed E-state index contributed by atoms with van der Waals surface area (Å²) in [6.45, 7) is 5.53. The van der Waals surface area contributed by atoms with Crippen LogP contribution in [0.4, 0.5) is 11.4 Å². The van der Waals surface area contributed by atoms with Gasteiger partial charge in [0.2, 0.25) is 5.78 Å². The molecule has 0 aliphatic rings. The van der Waals surface area contributed by atoms with Crippen LogP contribution in [-0.4, -0.2) is 11.6 Å². The van der Waals surface area contributed by atoms with Gasteiger partial charge in [-0.05, 0) is 48.5 Å². The van der Waals surface area contributed by atoms with E-state index in [2.05, 4.69) is 21.8 Å². The van der Waals surface area contributed by atoms with Crippen LogP contribution < -0.4 is 10.9 Å². The van der Waals surface area contributed by atoms with Crippen LogP contribution in [0.25, 0.3) is 0 Å². The van der Waals surface area contributed by atoms with Gasteiger partial charge in [0.25, 0.3) is 0 Å². The summed E-state index contributed by atoms with van der Waals surface area (Å²) in [5.74, 6) is 2.66. The van der Waals surface area contributed by atoms with Gasteiger partial charge in [0, 0.05) is 16.0 Å². The number of nitrogens with one attached hydrogen (secondary N) is 2. The second kappa shape index (κ2) is 7.87. The molecule has 0 saturated heterocycles. The molecule has 0 spiro atoms. The van der Waals surface area contributed by atoms with E-state index >= 15 is 0 Å². The van der Waals surface area contributed by atoms with Gasteiger partial charge < -0.3 is 0 Å². The Hall–Kier alpha value is -2.77. The van der Waals surface area contributed by atoms with Crippen molar-refractivity contribution in [3.63, 3.8) is 0 Å². The predicted molar refractivity (Wildman–Crippen MR) is 104 cm³/mol. The monoisotopic (exact) mass is 353 g/mol. The number of benzene rings is 2. The number of hydrazine groups is 1. The molecule has 2 aromatic rings. The SMILES string of the molecule is C#Cc1ccc(NNC(=Nc2ccc(Cl)cc2)C(=O)C(C)(C)C)cc1. The number of carbonyl (C=O) groups is 1. The quantitative estimate of drug-likeness (QED) is 0.366. The summed E-state index contributed by atoms with van der Waals surface area (Å²) in [7, 11) is 0. The lowest BCUT2D eigenvalue weighted by atomic mass is 9.90. The van der Waals surface area contributed by atoms with Crippen molar-refractivity contribution in [1.82, 2.24) is 5.43 Å². The number of amidine groups is 1. The number of ketones is 1. The molecule has 0 bridgehead atoms. The fourth-order valence-electron chi connectivity index (χ4n) is 1.92. The highest BCUT2D eigenvalue weighted by Crippen LogP contribution is 2.20. The van der Waals surface area contributed by atoms with E-state index in [0.717, 1.165) is 11.3 Å². The number of anilines is 1. The number of hydrogen-bond acceptors (Lipinski definition) is 3. The van der Waals surface area contributed by atoms with Crippen molar-refractivity contribution in [2.75, 3.05) is 5.43 Å². The molecule has 0 fully saturated rings. The zero-order valence-electron chi connectivity index (χ0n) is 14.4. The van der Waals surface area contributed by atoms with Crippen LogP contribution in [0.3, 0.4) is 0 Å². The summed E-state index contributed by atoms with van der Waals surface area (Å²) in [4.78, 5) is 17.1. The molecule has 128 valence electrons. The van der Waals surface area contributed by atoms with Crippen molar-refractivity contribution in [1.29, 1.82) is 0 Å². The smallest absolute Gasteiger partial charge is 0.204 e. The molecule has 4 nitrogen and oxygen atoms in total. The fraction of sp³-hybridized carbons (Fsp3) is 0.200. The molecule has 0 aliphatic carbocycles. The second-order valence-electron chi connectivity index (χ2n) is 6.49. The van der Waals surface area contributed by atoms with E-state index in [1.807, 2.05) is 45.0 Å². The molecule has 2 N–H and O–H groups in total. The molecular formula is C20H20ClN3O. The van der Waals surface area contributed by atoms with Crippen molar-refractivity contribution in [3.05, 3.63) is 59.1 Å². The fourth-order valence-corrected chi connectivity index (χ4v) is 2.04. The number of aliphatic imine (C=N–C) groups is 1.